The minimum Gasteiger partial charge on any atom is -0.248 e. The Hall–Kier alpha value is 0.200. The third-order valence-corrected chi connectivity index (χ3v) is 4.00. The lowest BCUT2D eigenvalue weighted by molar-refractivity contribution is 0.369. The van der Waals surface area contributed by atoms with Crippen LogP contribution in [0.15, 0.2) is 24.3 Å². The van der Waals surface area contributed by atoms with Gasteiger partial charge in [-0.3, -0.25) is 0 Å². The fourth-order valence-electron chi connectivity index (χ4n) is 1.92. The highest BCUT2D eigenvalue weighted by Gasteiger charge is 2.18. The summed E-state index contributed by atoms with van der Waals surface area (Å²) in [7, 11) is 0. The summed E-state index contributed by atoms with van der Waals surface area (Å²) in [5.41, 5.74) is 1.44. The average molecular weight is 322 g/mol. The molecule has 0 radical (unpaired) electrons. The largest absolute Gasteiger partial charge is 0.248 e. The van der Waals surface area contributed by atoms with E-state index in [1.165, 1.54) is 31.5 Å². The molecule has 2 rings (SSSR count). The Morgan fingerprint density at radius 1 is 1.14 bits per heavy atom. The zero-order chi connectivity index (χ0) is 9.97. The first-order valence-electron chi connectivity index (χ1n) is 4.92. The predicted molar refractivity (Wildman–Crippen MR) is 69.0 cm³/mol. The Morgan fingerprint density at radius 2 is 1.71 bits per heavy atom. The number of hydrogen-bond acceptors (Lipinski definition) is 1. The third kappa shape index (κ3) is 2.61. The van der Waals surface area contributed by atoms with Crippen LogP contribution in [0.3, 0.4) is 0 Å². The highest BCUT2D eigenvalue weighted by Crippen LogP contribution is 2.29. The van der Waals surface area contributed by atoms with Crippen LogP contribution in [0.2, 0.25) is 5.02 Å². The Kier molecular flexibility index (Phi) is 3.68. The van der Waals surface area contributed by atoms with E-state index in [2.05, 4.69) is 38.1 Å². The maximum absolute atomic E-state index is 5.86. The van der Waals surface area contributed by atoms with Crippen LogP contribution in [-0.2, 0) is 0 Å². The van der Waals surface area contributed by atoms with E-state index in [0.29, 0.717) is 0 Å². The second kappa shape index (κ2) is 4.81. The summed E-state index contributed by atoms with van der Waals surface area (Å²) in [5, 5.41) is 0.833. The number of nitrogens with zero attached hydrogens (tertiary/aromatic N) is 1. The summed E-state index contributed by atoms with van der Waals surface area (Å²) in [5.74, 6) is 0.735. The van der Waals surface area contributed by atoms with Gasteiger partial charge in [-0.1, -0.05) is 23.7 Å². The summed E-state index contributed by atoms with van der Waals surface area (Å²) in [6.45, 7) is 2.40. The molecule has 0 aromatic heterocycles. The lowest BCUT2D eigenvalue weighted by Gasteiger charge is -2.27. The molecule has 14 heavy (non-hydrogen) atoms. The second-order valence-corrected chi connectivity index (χ2v) is 5.54. The van der Waals surface area contributed by atoms with E-state index >= 15 is 0 Å². The van der Waals surface area contributed by atoms with Crippen LogP contribution in [0.5, 0.6) is 0 Å². The smallest absolute Gasteiger partial charge is 0.0406 e. The Bertz CT molecular complexity index is 291. The Labute approximate surface area is 104 Å². The molecule has 1 heterocycles. The van der Waals surface area contributed by atoms with Crippen LogP contribution in [0, 0.1) is 0 Å². The molecule has 0 unspecified atom stereocenters. The first kappa shape index (κ1) is 10.7. The predicted octanol–water partition coefficient (Wildman–Crippen LogP) is 3.87. The van der Waals surface area contributed by atoms with Crippen LogP contribution in [0.1, 0.15) is 24.3 Å². The van der Waals surface area contributed by atoms with E-state index < -0.39 is 0 Å². The summed E-state index contributed by atoms with van der Waals surface area (Å²) in [6, 6.07) is 8.31. The van der Waals surface area contributed by atoms with E-state index in [-0.39, 0.29) is 0 Å². The molecule has 0 spiro atoms. The van der Waals surface area contributed by atoms with Crippen molar-refractivity contribution in [1.29, 1.82) is 0 Å². The van der Waals surface area contributed by atoms with Gasteiger partial charge in [0.2, 0.25) is 0 Å². The van der Waals surface area contributed by atoms with E-state index in [1.807, 2.05) is 12.1 Å². The minimum absolute atomic E-state index is 0.735. The van der Waals surface area contributed by atoms with E-state index in [1.54, 1.807) is 0 Å². The van der Waals surface area contributed by atoms with E-state index in [0.717, 1.165) is 10.9 Å². The number of rotatable bonds is 1. The standard InChI is InChI=1S/C11H13ClIN/c12-11-3-1-9(2-4-11)10-5-7-14(13)8-6-10/h1-4,10H,5-8H2. The second-order valence-electron chi connectivity index (χ2n) is 3.74. The van der Waals surface area contributed by atoms with Crippen LogP contribution < -0.4 is 0 Å². The van der Waals surface area contributed by atoms with Gasteiger partial charge in [0.15, 0.2) is 0 Å². The molecule has 1 nitrogen and oxygen atoms in total. The van der Waals surface area contributed by atoms with Crippen molar-refractivity contribution in [2.24, 2.45) is 0 Å². The number of halogens is 2. The monoisotopic (exact) mass is 321 g/mol. The van der Waals surface area contributed by atoms with Gasteiger partial charge in [-0.25, -0.2) is 3.11 Å². The van der Waals surface area contributed by atoms with Gasteiger partial charge < -0.3 is 0 Å². The fourth-order valence-corrected chi connectivity index (χ4v) is 2.60. The minimum atomic E-state index is 0.735. The molecular formula is C11H13ClIN. The topological polar surface area (TPSA) is 3.24 Å². The van der Waals surface area contributed by atoms with Gasteiger partial charge in [-0.05, 0) is 36.5 Å². The molecule has 0 amide bonds. The molecule has 76 valence electrons. The van der Waals surface area contributed by atoms with Crippen LogP contribution in [0.25, 0.3) is 0 Å². The zero-order valence-corrected chi connectivity index (χ0v) is 10.8. The molecule has 0 N–H and O–H groups in total. The summed E-state index contributed by atoms with van der Waals surface area (Å²) in [4.78, 5) is 0. The Morgan fingerprint density at radius 3 is 2.29 bits per heavy atom. The number of piperidine rings is 1. The van der Waals surface area contributed by atoms with Gasteiger partial charge in [0.05, 0.1) is 0 Å². The van der Waals surface area contributed by atoms with Crippen LogP contribution >= 0.6 is 34.5 Å². The van der Waals surface area contributed by atoms with Crippen molar-refractivity contribution in [3.05, 3.63) is 34.9 Å². The highest BCUT2D eigenvalue weighted by molar-refractivity contribution is 14.1. The van der Waals surface area contributed by atoms with Gasteiger partial charge in [-0.2, -0.15) is 0 Å². The van der Waals surface area contributed by atoms with Gasteiger partial charge in [0, 0.05) is 41.0 Å². The molecule has 0 aliphatic carbocycles. The lowest BCUT2D eigenvalue weighted by atomic mass is 9.90. The SMILES string of the molecule is Clc1ccc(C2CCN(I)CC2)cc1. The molecular weight excluding hydrogens is 308 g/mol. The van der Waals surface area contributed by atoms with Crippen molar-refractivity contribution in [3.63, 3.8) is 0 Å². The molecule has 0 bridgehead atoms. The first-order valence-corrected chi connectivity index (χ1v) is 6.26. The van der Waals surface area contributed by atoms with E-state index in [4.69, 9.17) is 11.6 Å². The molecule has 0 atom stereocenters. The van der Waals surface area contributed by atoms with Gasteiger partial charge >= 0.3 is 0 Å². The van der Waals surface area contributed by atoms with E-state index in [9.17, 15) is 0 Å². The van der Waals surface area contributed by atoms with Crippen molar-refractivity contribution in [2.75, 3.05) is 13.1 Å². The summed E-state index contributed by atoms with van der Waals surface area (Å²) < 4.78 is 2.37. The van der Waals surface area contributed by atoms with Crippen LogP contribution in [0.4, 0.5) is 0 Å². The fraction of sp³-hybridized carbons (Fsp3) is 0.455. The average Bonchev–Trinajstić information content (AvgIpc) is 2.21. The van der Waals surface area contributed by atoms with Crippen molar-refractivity contribution >= 4 is 34.5 Å². The molecule has 1 fully saturated rings. The first-order chi connectivity index (χ1) is 6.75. The summed E-state index contributed by atoms with van der Waals surface area (Å²) in [6.07, 6.45) is 2.54. The molecule has 1 aromatic rings. The Balaban J connectivity index is 2.05. The normalized spacial score (nSPS) is 19.9. The molecule has 3 heteroatoms. The van der Waals surface area contributed by atoms with Crippen molar-refractivity contribution in [1.82, 2.24) is 3.11 Å². The van der Waals surface area contributed by atoms with Gasteiger partial charge in [0.1, 0.15) is 0 Å². The molecule has 1 saturated heterocycles. The van der Waals surface area contributed by atoms with Crippen molar-refractivity contribution in [3.8, 4) is 0 Å². The maximum atomic E-state index is 5.86. The molecule has 0 saturated carbocycles. The maximum Gasteiger partial charge on any atom is 0.0406 e. The van der Waals surface area contributed by atoms with Gasteiger partial charge in [-0.15, -0.1) is 0 Å². The summed E-state index contributed by atoms with van der Waals surface area (Å²) >= 11 is 8.27. The molecule has 1 aliphatic heterocycles. The molecule has 1 aliphatic rings. The van der Waals surface area contributed by atoms with Crippen molar-refractivity contribution < 1.29 is 0 Å². The molecule has 1 aromatic carbocycles. The zero-order valence-electron chi connectivity index (χ0n) is 7.92. The third-order valence-electron chi connectivity index (χ3n) is 2.78. The lowest BCUT2D eigenvalue weighted by Crippen LogP contribution is -2.24. The van der Waals surface area contributed by atoms with Gasteiger partial charge in [0.25, 0.3) is 0 Å². The quantitative estimate of drug-likeness (QED) is 0.561. The number of hydrogen-bond donors (Lipinski definition) is 0. The highest BCUT2D eigenvalue weighted by atomic mass is 127. The number of benzene rings is 1. The van der Waals surface area contributed by atoms with Crippen LogP contribution in [-0.4, -0.2) is 16.2 Å². The van der Waals surface area contributed by atoms with Crippen molar-refractivity contribution in [2.45, 2.75) is 18.8 Å².